The van der Waals surface area contributed by atoms with Crippen LogP contribution in [0.1, 0.15) is 62.1 Å². The number of unbranched alkanes of at least 4 members (excludes halogenated alkanes) is 1. The molecule has 4 heteroatoms. The molecule has 3 aromatic rings. The summed E-state index contributed by atoms with van der Waals surface area (Å²) >= 11 is 0. The number of aryl methyl sites for hydroxylation is 1. The lowest BCUT2D eigenvalue weighted by Crippen LogP contribution is -2.35. The van der Waals surface area contributed by atoms with Gasteiger partial charge in [0, 0.05) is 24.4 Å². The number of aromatic nitrogens is 1. The maximum absolute atomic E-state index is 13.4. The minimum atomic E-state index is 0.0698. The first-order valence-electron chi connectivity index (χ1n) is 11.1. The minimum Gasteiger partial charge on any atom is -0.467 e. The van der Waals surface area contributed by atoms with Crippen LogP contribution in [0.2, 0.25) is 0 Å². The van der Waals surface area contributed by atoms with E-state index in [0.717, 1.165) is 43.7 Å². The molecule has 0 aliphatic carbocycles. The monoisotopic (exact) mass is 406 g/mol. The van der Waals surface area contributed by atoms with Crippen LogP contribution in [0.3, 0.4) is 0 Å². The van der Waals surface area contributed by atoms with Gasteiger partial charge in [0.2, 0.25) is 5.91 Å². The summed E-state index contributed by atoms with van der Waals surface area (Å²) in [6, 6.07) is 16.6. The van der Waals surface area contributed by atoms with Crippen molar-refractivity contribution in [2.75, 3.05) is 0 Å². The normalized spacial score (nSPS) is 12.1. The van der Waals surface area contributed by atoms with Gasteiger partial charge in [0.1, 0.15) is 5.76 Å². The number of carbonyl (C=O) groups is 1. The zero-order chi connectivity index (χ0) is 21.3. The van der Waals surface area contributed by atoms with Gasteiger partial charge in [-0.15, -0.1) is 0 Å². The first-order valence-corrected chi connectivity index (χ1v) is 11.1. The van der Waals surface area contributed by atoms with Crippen LogP contribution >= 0.6 is 0 Å². The van der Waals surface area contributed by atoms with Gasteiger partial charge in [-0.2, -0.15) is 0 Å². The highest BCUT2D eigenvalue weighted by molar-refractivity contribution is 5.78. The summed E-state index contributed by atoms with van der Waals surface area (Å²) in [5.74, 6) is 1.12. The van der Waals surface area contributed by atoms with Crippen molar-refractivity contribution in [2.24, 2.45) is 5.92 Å². The van der Waals surface area contributed by atoms with Gasteiger partial charge in [0.15, 0.2) is 0 Å². The molecule has 1 amide bonds. The fourth-order valence-corrected chi connectivity index (χ4v) is 3.85. The Morgan fingerprint density at radius 1 is 1.07 bits per heavy atom. The summed E-state index contributed by atoms with van der Waals surface area (Å²) in [5, 5.41) is 0. The van der Waals surface area contributed by atoms with Gasteiger partial charge in [-0.25, -0.2) is 0 Å². The highest BCUT2D eigenvalue weighted by atomic mass is 16.3. The Hall–Kier alpha value is -2.75. The van der Waals surface area contributed by atoms with Gasteiger partial charge in [-0.1, -0.05) is 56.5 Å². The van der Waals surface area contributed by atoms with E-state index >= 15 is 0 Å². The second kappa shape index (κ2) is 10.9. The molecule has 2 heterocycles. The van der Waals surface area contributed by atoms with E-state index in [1.54, 1.807) is 6.26 Å². The molecule has 0 N–H and O–H groups in total. The van der Waals surface area contributed by atoms with Crippen LogP contribution in [0.15, 0.2) is 65.4 Å². The van der Waals surface area contributed by atoms with Gasteiger partial charge in [0.25, 0.3) is 0 Å². The Morgan fingerprint density at radius 3 is 2.53 bits per heavy atom. The Labute approximate surface area is 180 Å². The van der Waals surface area contributed by atoms with Gasteiger partial charge in [0.05, 0.1) is 19.4 Å². The zero-order valence-corrected chi connectivity index (χ0v) is 18.5. The molecule has 2 aromatic heterocycles. The third-order valence-corrected chi connectivity index (χ3v) is 5.74. The van der Waals surface area contributed by atoms with Crippen molar-refractivity contribution in [3.8, 4) is 0 Å². The topological polar surface area (TPSA) is 38.4 Å². The zero-order valence-electron chi connectivity index (χ0n) is 18.5. The summed E-state index contributed by atoms with van der Waals surface area (Å²) in [7, 11) is 0. The average molecular weight is 407 g/mol. The summed E-state index contributed by atoms with van der Waals surface area (Å²) in [6.07, 6.45) is 7.79. The first kappa shape index (κ1) is 21.9. The van der Waals surface area contributed by atoms with Crippen LogP contribution in [-0.2, 0) is 24.4 Å². The summed E-state index contributed by atoms with van der Waals surface area (Å²) in [5.41, 5.74) is 3.66. The minimum absolute atomic E-state index is 0.0698. The molecule has 0 radical (unpaired) electrons. The van der Waals surface area contributed by atoms with Gasteiger partial charge in [-0.3, -0.25) is 4.79 Å². The van der Waals surface area contributed by atoms with Gasteiger partial charge < -0.3 is 13.9 Å². The molecule has 30 heavy (non-hydrogen) atoms. The van der Waals surface area contributed by atoms with Crippen LogP contribution < -0.4 is 0 Å². The number of hydrogen-bond donors (Lipinski definition) is 0. The van der Waals surface area contributed by atoms with Crippen molar-refractivity contribution >= 4 is 5.91 Å². The standard InChI is InChI=1S/C26H34N2O2/c1-4-6-9-23(5-2)26(29)28(20-25-11-8-17-30-25)19-24-10-7-16-27(24)18-22-14-12-21(3)13-15-22/h7-8,10-17,23H,4-6,9,18-20H2,1-3H3/t23-/m1/s1. The lowest BCUT2D eigenvalue weighted by molar-refractivity contribution is -0.137. The largest absolute Gasteiger partial charge is 0.467 e. The van der Waals surface area contributed by atoms with Crippen molar-refractivity contribution in [3.05, 3.63) is 83.6 Å². The second-order valence-electron chi connectivity index (χ2n) is 8.13. The lowest BCUT2D eigenvalue weighted by atomic mass is 9.97. The summed E-state index contributed by atoms with van der Waals surface area (Å²) in [4.78, 5) is 15.4. The predicted molar refractivity (Wildman–Crippen MR) is 121 cm³/mol. The molecule has 0 bridgehead atoms. The molecular weight excluding hydrogens is 372 g/mol. The Bertz CT molecular complexity index is 894. The molecule has 160 valence electrons. The second-order valence-corrected chi connectivity index (χ2v) is 8.13. The third-order valence-electron chi connectivity index (χ3n) is 5.74. The van der Waals surface area contributed by atoms with Crippen molar-refractivity contribution in [3.63, 3.8) is 0 Å². The number of furan rings is 1. The van der Waals surface area contributed by atoms with Gasteiger partial charge in [-0.05, 0) is 49.6 Å². The van der Waals surface area contributed by atoms with E-state index in [0.29, 0.717) is 13.1 Å². The number of benzene rings is 1. The summed E-state index contributed by atoms with van der Waals surface area (Å²) in [6.45, 7) is 8.29. The molecule has 0 aliphatic heterocycles. The van der Waals surface area contributed by atoms with Crippen molar-refractivity contribution in [1.29, 1.82) is 0 Å². The van der Waals surface area contributed by atoms with E-state index in [1.165, 1.54) is 11.1 Å². The molecular formula is C26H34N2O2. The average Bonchev–Trinajstić information content (AvgIpc) is 3.42. The lowest BCUT2D eigenvalue weighted by Gasteiger charge is -2.27. The highest BCUT2D eigenvalue weighted by Crippen LogP contribution is 2.21. The van der Waals surface area contributed by atoms with E-state index in [2.05, 4.69) is 67.9 Å². The van der Waals surface area contributed by atoms with Crippen molar-refractivity contribution in [2.45, 2.75) is 66.1 Å². The molecule has 0 fully saturated rings. The SMILES string of the molecule is CCCC[C@@H](CC)C(=O)N(Cc1ccco1)Cc1cccn1Cc1ccc(C)cc1. The molecule has 3 rings (SSSR count). The first-order chi connectivity index (χ1) is 14.6. The van der Waals surface area contributed by atoms with Crippen molar-refractivity contribution in [1.82, 2.24) is 9.47 Å². The maximum atomic E-state index is 13.4. The summed E-state index contributed by atoms with van der Waals surface area (Å²) < 4.78 is 7.80. The van der Waals surface area contributed by atoms with Crippen LogP contribution in [-0.4, -0.2) is 15.4 Å². The number of amides is 1. The Morgan fingerprint density at radius 2 is 1.87 bits per heavy atom. The van der Waals surface area contributed by atoms with Crippen LogP contribution in [0.25, 0.3) is 0 Å². The molecule has 0 saturated heterocycles. The predicted octanol–water partition coefficient (Wildman–Crippen LogP) is 6.18. The van der Waals surface area contributed by atoms with E-state index in [4.69, 9.17) is 4.42 Å². The molecule has 0 unspecified atom stereocenters. The van der Waals surface area contributed by atoms with E-state index in [-0.39, 0.29) is 11.8 Å². The van der Waals surface area contributed by atoms with Gasteiger partial charge >= 0.3 is 0 Å². The third kappa shape index (κ3) is 5.88. The van der Waals surface area contributed by atoms with Crippen LogP contribution in [0.5, 0.6) is 0 Å². The van der Waals surface area contributed by atoms with Crippen LogP contribution in [0.4, 0.5) is 0 Å². The van der Waals surface area contributed by atoms with E-state index < -0.39 is 0 Å². The molecule has 0 aliphatic rings. The molecule has 0 saturated carbocycles. The number of carbonyl (C=O) groups excluding carboxylic acids is 1. The Kier molecular flexibility index (Phi) is 7.95. The molecule has 1 atom stereocenters. The molecule has 4 nitrogen and oxygen atoms in total. The Balaban J connectivity index is 1.78. The van der Waals surface area contributed by atoms with E-state index in [9.17, 15) is 4.79 Å². The smallest absolute Gasteiger partial charge is 0.226 e. The fourth-order valence-electron chi connectivity index (χ4n) is 3.85. The highest BCUT2D eigenvalue weighted by Gasteiger charge is 2.24. The van der Waals surface area contributed by atoms with Crippen molar-refractivity contribution < 1.29 is 9.21 Å². The quantitative estimate of drug-likeness (QED) is 0.381. The number of hydrogen-bond acceptors (Lipinski definition) is 2. The fraction of sp³-hybridized carbons (Fsp3) is 0.423. The number of rotatable bonds is 11. The number of nitrogens with zero attached hydrogens (tertiary/aromatic N) is 2. The van der Waals surface area contributed by atoms with Crippen LogP contribution in [0, 0.1) is 12.8 Å². The molecule has 0 spiro atoms. The molecule has 1 aromatic carbocycles. The van der Waals surface area contributed by atoms with E-state index in [1.807, 2.05) is 17.0 Å². The maximum Gasteiger partial charge on any atom is 0.226 e.